The van der Waals surface area contributed by atoms with Crippen LogP contribution >= 0.6 is 15.6 Å². The molecule has 0 radical (unpaired) electrons. The second-order valence-electron chi connectivity index (χ2n) is 35.1. The van der Waals surface area contributed by atoms with E-state index in [0.717, 1.165) is 114 Å². The highest BCUT2D eigenvalue weighted by Gasteiger charge is 2.31. The number of rotatable bonds is 90. The maximum absolute atomic E-state index is 13.2. The highest BCUT2D eigenvalue weighted by Crippen LogP contribution is 2.45. The fourth-order valence-corrected chi connectivity index (χ4v) is 16.1. The van der Waals surface area contributed by atoms with Gasteiger partial charge in [-0.05, 0) is 49.4 Å². The van der Waals surface area contributed by atoms with Crippen LogP contribution in [0.25, 0.3) is 0 Å². The number of ether oxygens (including phenoxy) is 4. The molecule has 4 unspecified atom stereocenters. The SMILES string of the molecule is CCC(C)CCCCCCCCCCCCCCCCCCCCC(=O)OC[C@H](COP(=O)(O)OCC(O)COP(=O)(O)OC[C@@H](COC(=O)CCCCCCCCCC(C)C)OC(=O)CCCCCCCCCCCCCCCCCCCCC(C)C)OC(=O)CCCCCCCCCCCCCCCCCCC(C)C. The molecule has 0 spiro atoms. The number of phosphoric acid groups is 2. The van der Waals surface area contributed by atoms with Crippen molar-refractivity contribution in [1.29, 1.82) is 0 Å². The molecule has 0 fully saturated rings. The Balaban J connectivity index is 5.20. The number of hydrogen-bond acceptors (Lipinski definition) is 15. The summed E-state index contributed by atoms with van der Waals surface area (Å²) in [5, 5.41) is 10.7. The highest BCUT2D eigenvalue weighted by molar-refractivity contribution is 7.47. The van der Waals surface area contributed by atoms with E-state index in [4.69, 9.17) is 37.0 Å². The van der Waals surface area contributed by atoms with Crippen molar-refractivity contribution < 1.29 is 80.2 Å². The standard InChI is InChI=1S/C93H182O17P2/c1-9-86(8)72-64-56-48-40-34-28-22-15-11-13-16-23-29-35-41-49-57-65-73-90(95)103-79-88(109-92(97)75-68-60-51-43-37-31-25-19-18-21-27-33-39-46-54-62-70-84(4)5)81-107-111(99,100)105-77-87(94)78-106-112(101,102)108-82-89(80-104-91(96)74-66-58-52-44-47-55-63-71-85(6)7)110-93(98)76-67-59-50-42-36-30-24-17-12-10-14-20-26-32-38-45-53-61-69-83(2)3/h83-89,94H,9-82H2,1-8H3,(H,99,100)(H,101,102)/t86?,87?,88-,89-/m1/s1. The van der Waals surface area contributed by atoms with E-state index in [0.29, 0.717) is 31.6 Å². The molecule has 0 aliphatic carbocycles. The maximum Gasteiger partial charge on any atom is 0.472 e. The first-order valence-electron chi connectivity index (χ1n) is 47.7. The third kappa shape index (κ3) is 84.5. The van der Waals surface area contributed by atoms with Crippen LogP contribution < -0.4 is 0 Å². The van der Waals surface area contributed by atoms with Crippen LogP contribution in [0.2, 0.25) is 0 Å². The Morgan fingerprint density at radius 2 is 0.429 bits per heavy atom. The lowest BCUT2D eigenvalue weighted by molar-refractivity contribution is -0.161. The molecule has 6 atom stereocenters. The van der Waals surface area contributed by atoms with Gasteiger partial charge in [0.25, 0.3) is 0 Å². The minimum absolute atomic E-state index is 0.107. The van der Waals surface area contributed by atoms with Crippen LogP contribution in [0.15, 0.2) is 0 Å². The summed E-state index contributed by atoms with van der Waals surface area (Å²) in [6, 6.07) is 0. The van der Waals surface area contributed by atoms with E-state index in [9.17, 15) is 43.2 Å². The fraction of sp³-hybridized carbons (Fsp3) is 0.957. The number of phosphoric ester groups is 2. The smallest absolute Gasteiger partial charge is 0.462 e. The number of unbranched alkanes of at least 4 members (excludes halogenated alkanes) is 55. The van der Waals surface area contributed by atoms with Crippen molar-refractivity contribution in [2.24, 2.45) is 23.7 Å². The van der Waals surface area contributed by atoms with Gasteiger partial charge in [-0.2, -0.15) is 0 Å². The number of carbonyl (C=O) groups excluding carboxylic acids is 4. The monoisotopic (exact) mass is 1630 g/mol. The van der Waals surface area contributed by atoms with Crippen molar-refractivity contribution in [3.63, 3.8) is 0 Å². The Bertz CT molecular complexity index is 2170. The van der Waals surface area contributed by atoms with Crippen LogP contribution in [0, 0.1) is 23.7 Å². The Hall–Kier alpha value is -1.94. The second kappa shape index (κ2) is 81.4. The lowest BCUT2D eigenvalue weighted by Gasteiger charge is -2.21. The number of esters is 4. The summed E-state index contributed by atoms with van der Waals surface area (Å²) < 4.78 is 69.1. The summed E-state index contributed by atoms with van der Waals surface area (Å²) in [5.41, 5.74) is 0. The summed E-state index contributed by atoms with van der Waals surface area (Å²) in [4.78, 5) is 73.4. The van der Waals surface area contributed by atoms with Gasteiger partial charge in [0.05, 0.1) is 26.4 Å². The predicted molar refractivity (Wildman–Crippen MR) is 464 cm³/mol. The maximum atomic E-state index is 13.2. The van der Waals surface area contributed by atoms with Gasteiger partial charge in [-0.3, -0.25) is 37.3 Å². The van der Waals surface area contributed by atoms with Crippen LogP contribution in [0.5, 0.6) is 0 Å². The first-order chi connectivity index (χ1) is 54.1. The van der Waals surface area contributed by atoms with Gasteiger partial charge in [-0.1, -0.05) is 441 Å². The summed E-state index contributed by atoms with van der Waals surface area (Å²) >= 11 is 0. The third-order valence-corrected chi connectivity index (χ3v) is 24.1. The van der Waals surface area contributed by atoms with E-state index < -0.39 is 97.5 Å². The molecule has 0 aromatic rings. The summed E-state index contributed by atoms with van der Waals surface area (Å²) in [7, 11) is -9.94. The molecule has 0 aromatic carbocycles. The van der Waals surface area contributed by atoms with E-state index in [1.165, 1.54) is 289 Å². The number of carbonyl (C=O) groups is 4. The lowest BCUT2D eigenvalue weighted by atomic mass is 9.99. The molecule has 0 amide bonds. The van der Waals surface area contributed by atoms with Crippen LogP contribution in [-0.4, -0.2) is 96.7 Å². The zero-order chi connectivity index (χ0) is 82.3. The topological polar surface area (TPSA) is 237 Å². The van der Waals surface area contributed by atoms with Crippen LogP contribution in [0.4, 0.5) is 0 Å². The van der Waals surface area contributed by atoms with Crippen molar-refractivity contribution in [3.8, 4) is 0 Å². The number of aliphatic hydroxyl groups excluding tert-OH is 1. The molecule has 0 saturated heterocycles. The molecule has 666 valence electrons. The third-order valence-electron chi connectivity index (χ3n) is 22.2. The molecule has 0 rings (SSSR count). The first kappa shape index (κ1) is 110. The molecule has 0 saturated carbocycles. The van der Waals surface area contributed by atoms with Gasteiger partial charge in [-0.25, -0.2) is 9.13 Å². The minimum atomic E-state index is -4.97. The van der Waals surface area contributed by atoms with Gasteiger partial charge in [0.1, 0.15) is 19.3 Å². The molecule has 0 aliphatic rings. The number of aliphatic hydroxyl groups is 1. The van der Waals surface area contributed by atoms with Crippen molar-refractivity contribution in [1.82, 2.24) is 0 Å². The summed E-state index contributed by atoms with van der Waals surface area (Å²) in [6.07, 6.45) is 73.8. The Labute approximate surface area is 689 Å². The second-order valence-corrected chi connectivity index (χ2v) is 38.0. The molecule has 0 heterocycles. The first-order valence-corrected chi connectivity index (χ1v) is 50.7. The summed E-state index contributed by atoms with van der Waals surface area (Å²) in [5.74, 6) is 1.11. The van der Waals surface area contributed by atoms with Gasteiger partial charge in [-0.15, -0.1) is 0 Å². The Morgan fingerprint density at radius 3 is 0.634 bits per heavy atom. The highest BCUT2D eigenvalue weighted by atomic mass is 31.2. The largest absolute Gasteiger partial charge is 0.472 e. The summed E-state index contributed by atoms with van der Waals surface area (Å²) in [6.45, 7) is 14.4. The van der Waals surface area contributed by atoms with Crippen molar-refractivity contribution in [3.05, 3.63) is 0 Å². The van der Waals surface area contributed by atoms with E-state index in [-0.39, 0.29) is 25.7 Å². The molecular formula is C93H182O17P2. The van der Waals surface area contributed by atoms with Gasteiger partial charge in [0, 0.05) is 25.7 Å². The van der Waals surface area contributed by atoms with E-state index >= 15 is 0 Å². The van der Waals surface area contributed by atoms with Crippen LogP contribution in [-0.2, 0) is 65.4 Å². The molecular weight excluding hydrogens is 1450 g/mol. The molecule has 0 aromatic heterocycles. The van der Waals surface area contributed by atoms with Gasteiger partial charge >= 0.3 is 39.5 Å². The molecule has 0 bridgehead atoms. The average Bonchev–Trinajstić information content (AvgIpc) is 0.900. The van der Waals surface area contributed by atoms with Crippen molar-refractivity contribution in [2.45, 2.75) is 510 Å². The molecule has 112 heavy (non-hydrogen) atoms. The van der Waals surface area contributed by atoms with Gasteiger partial charge in [0.2, 0.25) is 0 Å². The quantitative estimate of drug-likeness (QED) is 0.0222. The van der Waals surface area contributed by atoms with Crippen molar-refractivity contribution >= 4 is 39.5 Å². The van der Waals surface area contributed by atoms with Crippen LogP contribution in [0.3, 0.4) is 0 Å². The average molecular weight is 1630 g/mol. The molecule has 17 nitrogen and oxygen atoms in total. The number of hydrogen-bond donors (Lipinski definition) is 3. The molecule has 19 heteroatoms. The van der Waals surface area contributed by atoms with E-state index in [1.54, 1.807) is 0 Å². The van der Waals surface area contributed by atoms with E-state index in [2.05, 4.69) is 55.4 Å². The fourth-order valence-electron chi connectivity index (χ4n) is 14.5. The Morgan fingerprint density at radius 1 is 0.250 bits per heavy atom. The predicted octanol–water partition coefficient (Wildman–Crippen LogP) is 28.7. The Kier molecular flexibility index (Phi) is 80.0. The van der Waals surface area contributed by atoms with Gasteiger partial charge < -0.3 is 33.8 Å². The van der Waals surface area contributed by atoms with Crippen LogP contribution in [0.1, 0.15) is 492 Å². The zero-order valence-electron chi connectivity index (χ0n) is 74.3. The molecule has 0 aliphatic heterocycles. The zero-order valence-corrected chi connectivity index (χ0v) is 76.1. The van der Waals surface area contributed by atoms with Crippen molar-refractivity contribution in [2.75, 3.05) is 39.6 Å². The molecule has 3 N–H and O–H groups in total. The van der Waals surface area contributed by atoms with E-state index in [1.807, 2.05) is 0 Å². The minimum Gasteiger partial charge on any atom is -0.462 e. The van der Waals surface area contributed by atoms with Gasteiger partial charge in [0.15, 0.2) is 12.2 Å². The normalized spacial score (nSPS) is 14.1. The lowest BCUT2D eigenvalue weighted by Crippen LogP contribution is -2.30.